The van der Waals surface area contributed by atoms with E-state index in [-0.39, 0.29) is 0 Å². The van der Waals surface area contributed by atoms with Gasteiger partial charge >= 0.3 is 0 Å². The molecule has 0 N–H and O–H groups in total. The molecule has 0 spiro atoms. The lowest BCUT2D eigenvalue weighted by Gasteiger charge is -2.13. The van der Waals surface area contributed by atoms with Crippen molar-refractivity contribution in [2.45, 2.75) is 27.1 Å². The van der Waals surface area contributed by atoms with E-state index >= 15 is 0 Å². The lowest BCUT2D eigenvalue weighted by atomic mass is 10.3. The molecule has 0 aliphatic heterocycles. The Morgan fingerprint density at radius 1 is 1.10 bits per heavy atom. The van der Waals surface area contributed by atoms with Gasteiger partial charge in [-0.3, -0.25) is 0 Å². The van der Waals surface area contributed by atoms with Gasteiger partial charge in [-0.05, 0) is 32.9 Å². The fourth-order valence-electron chi connectivity index (χ4n) is 1.92. The fraction of sp³-hybridized carbons (Fsp3) is 0.467. The van der Waals surface area contributed by atoms with E-state index in [0.717, 1.165) is 11.4 Å². The third-order valence-electron chi connectivity index (χ3n) is 2.78. The van der Waals surface area contributed by atoms with Crippen LogP contribution in [-0.4, -0.2) is 34.8 Å². The van der Waals surface area contributed by atoms with Crippen molar-refractivity contribution < 1.29 is 14.2 Å². The molecule has 0 unspecified atom stereocenters. The number of aromatic nitrogens is 3. The minimum Gasteiger partial charge on any atom is -0.494 e. The zero-order valence-electron chi connectivity index (χ0n) is 12.7. The van der Waals surface area contributed by atoms with Gasteiger partial charge in [0.1, 0.15) is 11.4 Å². The molecule has 0 atom stereocenters. The molecule has 2 rings (SSSR count). The number of hydrogen-bond donors (Lipinski definition) is 0. The van der Waals surface area contributed by atoms with Crippen LogP contribution in [0.4, 0.5) is 0 Å². The summed E-state index contributed by atoms with van der Waals surface area (Å²) in [5.74, 6) is 0.804. The van der Waals surface area contributed by atoms with Gasteiger partial charge in [0.15, 0.2) is 0 Å². The highest BCUT2D eigenvalue weighted by atomic mass is 16.7. The number of rotatable bonds is 8. The molecule has 21 heavy (non-hydrogen) atoms. The summed E-state index contributed by atoms with van der Waals surface area (Å²) in [7, 11) is 0. The van der Waals surface area contributed by atoms with Crippen LogP contribution in [0.2, 0.25) is 0 Å². The van der Waals surface area contributed by atoms with E-state index in [1.54, 1.807) is 10.9 Å². The first-order valence-electron chi connectivity index (χ1n) is 7.17. The molecule has 0 amide bonds. The van der Waals surface area contributed by atoms with Crippen molar-refractivity contribution in [2.24, 2.45) is 0 Å². The Hall–Kier alpha value is -1.92. The number of hydrogen-bond acceptors (Lipinski definition) is 5. The monoisotopic (exact) mass is 291 g/mol. The topological polar surface area (TPSA) is 58.4 Å². The van der Waals surface area contributed by atoms with E-state index < -0.39 is 6.29 Å². The van der Waals surface area contributed by atoms with Gasteiger partial charge in [-0.2, -0.15) is 0 Å². The van der Waals surface area contributed by atoms with Crippen LogP contribution in [0.15, 0.2) is 30.5 Å². The highest BCUT2D eigenvalue weighted by molar-refractivity contribution is 5.38. The van der Waals surface area contributed by atoms with Gasteiger partial charge in [0.05, 0.1) is 18.5 Å². The molecule has 1 heterocycles. The van der Waals surface area contributed by atoms with Crippen LogP contribution in [0.3, 0.4) is 0 Å². The molecule has 0 saturated carbocycles. The maximum Gasteiger partial charge on any atom is 0.204 e. The molecular weight excluding hydrogens is 270 g/mol. The van der Waals surface area contributed by atoms with Gasteiger partial charge in [0.25, 0.3) is 0 Å². The van der Waals surface area contributed by atoms with Gasteiger partial charge < -0.3 is 14.2 Å². The zero-order valence-corrected chi connectivity index (χ0v) is 12.7. The van der Waals surface area contributed by atoms with Crippen molar-refractivity contribution in [3.8, 4) is 11.4 Å². The molecule has 2 aromatic rings. The summed E-state index contributed by atoms with van der Waals surface area (Å²) in [6.45, 7) is 7.52. The smallest absolute Gasteiger partial charge is 0.204 e. The van der Waals surface area contributed by atoms with Crippen LogP contribution in [0, 0.1) is 0 Å². The standard InChI is InChI=1S/C15H21N3O3/c1-4-19-13-9-7-8-12(10-13)18-11-14(16-17-18)15(20-5-2)21-6-3/h7-11,15H,4-6H2,1-3H3. The predicted molar refractivity (Wildman–Crippen MR) is 78.5 cm³/mol. The molecule has 6 heteroatoms. The van der Waals surface area contributed by atoms with Gasteiger partial charge in [-0.25, -0.2) is 4.68 Å². The molecule has 6 nitrogen and oxygen atoms in total. The summed E-state index contributed by atoms with van der Waals surface area (Å²) in [4.78, 5) is 0. The third-order valence-corrected chi connectivity index (χ3v) is 2.78. The second kappa shape index (κ2) is 7.75. The Labute approximate surface area is 124 Å². The Kier molecular flexibility index (Phi) is 5.71. The van der Waals surface area contributed by atoms with E-state index in [0.29, 0.717) is 25.5 Å². The highest BCUT2D eigenvalue weighted by Gasteiger charge is 2.16. The molecule has 0 bridgehead atoms. The fourth-order valence-corrected chi connectivity index (χ4v) is 1.92. The average molecular weight is 291 g/mol. The maximum atomic E-state index is 5.52. The van der Waals surface area contributed by atoms with Crippen molar-refractivity contribution >= 4 is 0 Å². The summed E-state index contributed by atoms with van der Waals surface area (Å²) < 4.78 is 18.2. The number of ether oxygens (including phenoxy) is 3. The quantitative estimate of drug-likeness (QED) is 0.700. The third kappa shape index (κ3) is 4.03. The Morgan fingerprint density at radius 2 is 1.86 bits per heavy atom. The SMILES string of the molecule is CCOc1cccc(-n2cc(C(OCC)OCC)nn2)c1. The predicted octanol–water partition coefficient (Wildman–Crippen LogP) is 2.74. The van der Waals surface area contributed by atoms with Crippen LogP contribution in [0.25, 0.3) is 5.69 Å². The van der Waals surface area contributed by atoms with E-state index in [9.17, 15) is 0 Å². The molecule has 0 saturated heterocycles. The molecule has 0 aliphatic rings. The van der Waals surface area contributed by atoms with Gasteiger partial charge in [-0.1, -0.05) is 11.3 Å². The van der Waals surface area contributed by atoms with Crippen LogP contribution in [0.5, 0.6) is 5.75 Å². The van der Waals surface area contributed by atoms with Crippen molar-refractivity contribution in [2.75, 3.05) is 19.8 Å². The van der Waals surface area contributed by atoms with E-state index in [4.69, 9.17) is 14.2 Å². The lowest BCUT2D eigenvalue weighted by Crippen LogP contribution is -2.09. The van der Waals surface area contributed by atoms with Crippen LogP contribution in [0.1, 0.15) is 32.8 Å². The lowest BCUT2D eigenvalue weighted by molar-refractivity contribution is -0.142. The van der Waals surface area contributed by atoms with Crippen LogP contribution < -0.4 is 4.74 Å². The molecule has 1 aromatic heterocycles. The van der Waals surface area contributed by atoms with Crippen molar-refractivity contribution in [1.29, 1.82) is 0 Å². The van der Waals surface area contributed by atoms with Crippen LogP contribution >= 0.6 is 0 Å². The molecular formula is C15H21N3O3. The number of nitrogens with zero attached hydrogens (tertiary/aromatic N) is 3. The van der Waals surface area contributed by atoms with Crippen LogP contribution in [-0.2, 0) is 9.47 Å². The summed E-state index contributed by atoms with van der Waals surface area (Å²) in [6.07, 6.45) is 1.32. The Balaban J connectivity index is 2.20. The van der Waals surface area contributed by atoms with E-state index in [1.807, 2.05) is 45.0 Å². The first-order valence-corrected chi connectivity index (χ1v) is 7.17. The van der Waals surface area contributed by atoms with Gasteiger partial charge in [-0.15, -0.1) is 5.10 Å². The minimum atomic E-state index is -0.483. The van der Waals surface area contributed by atoms with Crippen molar-refractivity contribution in [3.63, 3.8) is 0 Å². The molecule has 114 valence electrons. The van der Waals surface area contributed by atoms with Crippen molar-refractivity contribution in [1.82, 2.24) is 15.0 Å². The maximum absolute atomic E-state index is 5.52. The second-order valence-electron chi connectivity index (χ2n) is 4.26. The largest absolute Gasteiger partial charge is 0.494 e. The Bertz CT molecular complexity index is 551. The van der Waals surface area contributed by atoms with E-state index in [1.165, 1.54) is 0 Å². The summed E-state index contributed by atoms with van der Waals surface area (Å²) in [5.41, 5.74) is 1.53. The van der Waals surface area contributed by atoms with Gasteiger partial charge in [0, 0.05) is 19.3 Å². The summed E-state index contributed by atoms with van der Waals surface area (Å²) >= 11 is 0. The second-order valence-corrected chi connectivity index (χ2v) is 4.26. The highest BCUT2D eigenvalue weighted by Crippen LogP contribution is 2.20. The summed E-state index contributed by atoms with van der Waals surface area (Å²) in [6, 6.07) is 7.69. The molecule has 0 fully saturated rings. The molecule has 0 radical (unpaired) electrons. The van der Waals surface area contributed by atoms with Crippen molar-refractivity contribution in [3.05, 3.63) is 36.2 Å². The molecule has 0 aliphatic carbocycles. The molecule has 1 aromatic carbocycles. The van der Waals surface area contributed by atoms with Gasteiger partial charge in [0.2, 0.25) is 6.29 Å². The Morgan fingerprint density at radius 3 is 2.52 bits per heavy atom. The first kappa shape index (κ1) is 15.5. The minimum absolute atomic E-state index is 0.483. The first-order chi connectivity index (χ1) is 10.3. The normalized spacial score (nSPS) is 11.0. The summed E-state index contributed by atoms with van der Waals surface area (Å²) in [5, 5.41) is 8.25. The zero-order chi connectivity index (χ0) is 15.1. The number of benzene rings is 1. The van der Waals surface area contributed by atoms with E-state index in [2.05, 4.69) is 10.3 Å². The average Bonchev–Trinajstić information content (AvgIpc) is 2.97.